The number of anilines is 1. The van der Waals surface area contributed by atoms with E-state index in [2.05, 4.69) is 10.1 Å². The number of carbonyl (C=O) groups excluding carboxylic acids is 2. The number of alkyl halides is 4. The van der Waals surface area contributed by atoms with Gasteiger partial charge in [0, 0.05) is 0 Å². The molecule has 21 heavy (non-hydrogen) atoms. The molecule has 1 aromatic rings. The van der Waals surface area contributed by atoms with Crippen LogP contribution in [0.25, 0.3) is 0 Å². The summed E-state index contributed by atoms with van der Waals surface area (Å²) in [7, 11) is 0. The predicted octanol–water partition coefficient (Wildman–Crippen LogP) is 2.37. The van der Waals surface area contributed by atoms with Gasteiger partial charge in [-0.2, -0.15) is 17.6 Å². The summed E-state index contributed by atoms with van der Waals surface area (Å²) in [6.07, 6.45) is -8.58. The van der Waals surface area contributed by atoms with E-state index in [0.717, 1.165) is 29.2 Å². The van der Waals surface area contributed by atoms with Crippen molar-refractivity contribution in [3.8, 4) is 5.75 Å². The van der Waals surface area contributed by atoms with Crippen LogP contribution in [0.15, 0.2) is 24.3 Å². The van der Waals surface area contributed by atoms with E-state index in [0.29, 0.717) is 0 Å². The number of amides is 3. The second-order valence-electron chi connectivity index (χ2n) is 4.30. The highest BCUT2D eigenvalue weighted by atomic mass is 19.3. The number of hydrogen-bond donors (Lipinski definition) is 1. The summed E-state index contributed by atoms with van der Waals surface area (Å²) in [5, 5.41) is 2.37. The lowest BCUT2D eigenvalue weighted by molar-refractivity contribution is -0.253. The van der Waals surface area contributed by atoms with Crippen LogP contribution in [0.2, 0.25) is 0 Å². The van der Waals surface area contributed by atoms with Gasteiger partial charge in [-0.05, 0) is 31.2 Å². The summed E-state index contributed by atoms with van der Waals surface area (Å²) in [5.41, 5.74) is 0.120. The Morgan fingerprint density at radius 3 is 2.24 bits per heavy atom. The van der Waals surface area contributed by atoms with Crippen LogP contribution in [0.5, 0.6) is 5.75 Å². The largest absolute Gasteiger partial charge is 0.461 e. The van der Waals surface area contributed by atoms with E-state index in [-0.39, 0.29) is 5.69 Å². The van der Waals surface area contributed by atoms with E-state index in [4.69, 9.17) is 0 Å². The zero-order valence-electron chi connectivity index (χ0n) is 10.6. The normalized spacial score (nSPS) is 19.1. The van der Waals surface area contributed by atoms with Crippen molar-refractivity contribution in [2.75, 3.05) is 4.90 Å². The fourth-order valence-corrected chi connectivity index (χ4v) is 1.71. The number of benzene rings is 1. The monoisotopic (exact) mass is 306 g/mol. The SMILES string of the molecule is CC1NC(=O)N(c2ccc(OC(F)(F)C(F)F)cc2)C1=O. The summed E-state index contributed by atoms with van der Waals surface area (Å²) in [6, 6.07) is 2.87. The Labute approximate surface area is 116 Å². The number of nitrogens with zero attached hydrogens (tertiary/aromatic N) is 1. The molecule has 0 saturated carbocycles. The third kappa shape index (κ3) is 2.91. The first-order valence-electron chi connectivity index (χ1n) is 5.82. The van der Waals surface area contributed by atoms with Crippen LogP contribution in [0.3, 0.4) is 0 Å². The van der Waals surface area contributed by atoms with Crippen molar-refractivity contribution in [1.82, 2.24) is 5.32 Å². The number of rotatable bonds is 4. The van der Waals surface area contributed by atoms with Gasteiger partial charge in [0.1, 0.15) is 11.8 Å². The number of nitrogens with one attached hydrogen (secondary N) is 1. The lowest BCUT2D eigenvalue weighted by atomic mass is 10.2. The molecule has 0 aliphatic carbocycles. The summed E-state index contributed by atoms with van der Waals surface area (Å²) >= 11 is 0. The van der Waals surface area contributed by atoms with Gasteiger partial charge in [-0.25, -0.2) is 9.69 Å². The topological polar surface area (TPSA) is 58.6 Å². The van der Waals surface area contributed by atoms with Crippen molar-refractivity contribution in [2.45, 2.75) is 25.5 Å². The van der Waals surface area contributed by atoms with Crippen molar-refractivity contribution in [3.05, 3.63) is 24.3 Å². The quantitative estimate of drug-likeness (QED) is 0.686. The molecule has 1 saturated heterocycles. The molecule has 1 aromatic carbocycles. The molecule has 3 amide bonds. The molecule has 9 heteroatoms. The van der Waals surface area contributed by atoms with Crippen LogP contribution in [0.4, 0.5) is 28.0 Å². The minimum atomic E-state index is -4.61. The standard InChI is InChI=1S/C12H10F4N2O3/c1-6-9(19)18(11(20)17-6)7-2-4-8(5-3-7)21-12(15,16)10(13)14/h2-6,10H,1H3,(H,17,20). The maximum atomic E-state index is 12.7. The molecule has 2 rings (SSSR count). The number of imide groups is 1. The maximum Gasteiger partial charge on any atom is 0.461 e. The van der Waals surface area contributed by atoms with Gasteiger partial charge in [0.25, 0.3) is 5.91 Å². The molecule has 114 valence electrons. The minimum Gasteiger partial charge on any atom is -0.428 e. The smallest absolute Gasteiger partial charge is 0.428 e. The molecule has 5 nitrogen and oxygen atoms in total. The Hall–Kier alpha value is -2.32. The minimum absolute atomic E-state index is 0.120. The lowest BCUT2D eigenvalue weighted by Gasteiger charge is -2.18. The molecule has 1 aliphatic rings. The average molecular weight is 306 g/mol. The number of ether oxygens (including phenoxy) is 1. The fourth-order valence-electron chi connectivity index (χ4n) is 1.71. The first kappa shape index (κ1) is 15.1. The first-order valence-corrected chi connectivity index (χ1v) is 5.82. The van der Waals surface area contributed by atoms with Crippen LogP contribution < -0.4 is 15.0 Å². The molecule has 1 N–H and O–H groups in total. The van der Waals surface area contributed by atoms with Gasteiger partial charge >= 0.3 is 18.6 Å². The zero-order chi connectivity index (χ0) is 15.8. The molecular formula is C12H10F4N2O3. The molecule has 1 aliphatic heterocycles. The Morgan fingerprint density at radius 1 is 1.24 bits per heavy atom. The molecule has 1 heterocycles. The third-order valence-electron chi connectivity index (χ3n) is 2.74. The van der Waals surface area contributed by atoms with Crippen molar-refractivity contribution >= 4 is 17.6 Å². The van der Waals surface area contributed by atoms with Gasteiger partial charge in [-0.3, -0.25) is 4.79 Å². The van der Waals surface area contributed by atoms with Gasteiger partial charge in [0.15, 0.2) is 0 Å². The van der Waals surface area contributed by atoms with Crippen LogP contribution in [0, 0.1) is 0 Å². The van der Waals surface area contributed by atoms with Gasteiger partial charge in [-0.15, -0.1) is 0 Å². The van der Waals surface area contributed by atoms with E-state index in [1.54, 1.807) is 0 Å². The van der Waals surface area contributed by atoms with Crippen molar-refractivity contribution in [3.63, 3.8) is 0 Å². The summed E-state index contributed by atoms with van der Waals surface area (Å²) < 4.78 is 53.3. The highest BCUT2D eigenvalue weighted by Crippen LogP contribution is 2.29. The predicted molar refractivity (Wildman–Crippen MR) is 63.5 cm³/mol. The Bertz CT molecular complexity index is 562. The molecule has 0 aromatic heterocycles. The fraction of sp³-hybridized carbons (Fsp3) is 0.333. The molecular weight excluding hydrogens is 296 g/mol. The van der Waals surface area contributed by atoms with Crippen LogP contribution in [0.1, 0.15) is 6.92 Å². The zero-order valence-corrected chi connectivity index (χ0v) is 10.6. The second kappa shape index (κ2) is 5.23. The highest BCUT2D eigenvalue weighted by Gasteiger charge is 2.44. The Balaban J connectivity index is 2.16. The van der Waals surface area contributed by atoms with Crippen LogP contribution in [-0.2, 0) is 4.79 Å². The lowest BCUT2D eigenvalue weighted by Crippen LogP contribution is -2.33. The van der Waals surface area contributed by atoms with Gasteiger partial charge < -0.3 is 10.1 Å². The Kier molecular flexibility index (Phi) is 3.75. The van der Waals surface area contributed by atoms with E-state index in [1.807, 2.05) is 0 Å². The highest BCUT2D eigenvalue weighted by molar-refractivity contribution is 6.21. The number of halogens is 4. The molecule has 0 radical (unpaired) electrons. The number of urea groups is 1. The third-order valence-corrected chi connectivity index (χ3v) is 2.74. The van der Waals surface area contributed by atoms with Gasteiger partial charge in [0.05, 0.1) is 5.69 Å². The van der Waals surface area contributed by atoms with E-state index in [1.165, 1.54) is 6.92 Å². The molecule has 1 fully saturated rings. The molecule has 0 bridgehead atoms. The van der Waals surface area contributed by atoms with Crippen molar-refractivity contribution in [1.29, 1.82) is 0 Å². The average Bonchev–Trinajstić information content (AvgIpc) is 2.64. The molecule has 1 atom stereocenters. The summed E-state index contributed by atoms with van der Waals surface area (Å²) in [6.45, 7) is 1.49. The van der Waals surface area contributed by atoms with Gasteiger partial charge in [-0.1, -0.05) is 0 Å². The summed E-state index contributed by atoms with van der Waals surface area (Å²) in [4.78, 5) is 24.1. The second-order valence-corrected chi connectivity index (χ2v) is 4.30. The van der Waals surface area contributed by atoms with Crippen LogP contribution in [-0.4, -0.2) is 30.5 Å². The summed E-state index contributed by atoms with van der Waals surface area (Å²) in [5.74, 6) is -1.02. The first-order chi connectivity index (χ1) is 9.72. The maximum absolute atomic E-state index is 12.7. The molecule has 0 spiro atoms. The van der Waals surface area contributed by atoms with E-state index in [9.17, 15) is 27.2 Å². The van der Waals surface area contributed by atoms with E-state index < -0.39 is 36.3 Å². The number of hydrogen-bond acceptors (Lipinski definition) is 3. The van der Waals surface area contributed by atoms with E-state index >= 15 is 0 Å². The van der Waals surface area contributed by atoms with Crippen molar-refractivity contribution < 1.29 is 31.9 Å². The van der Waals surface area contributed by atoms with Crippen molar-refractivity contribution in [2.24, 2.45) is 0 Å². The van der Waals surface area contributed by atoms with Gasteiger partial charge in [0.2, 0.25) is 0 Å². The Morgan fingerprint density at radius 2 is 1.81 bits per heavy atom. The van der Waals surface area contributed by atoms with Crippen LogP contribution >= 0.6 is 0 Å². The molecule has 1 unspecified atom stereocenters. The number of carbonyl (C=O) groups is 2.